The molecule has 5 rings (SSSR count). The van der Waals surface area contributed by atoms with Crippen molar-refractivity contribution in [3.05, 3.63) is 58.6 Å². The summed E-state index contributed by atoms with van der Waals surface area (Å²) in [5.41, 5.74) is 3.01. The molecule has 3 saturated heterocycles. The van der Waals surface area contributed by atoms with Crippen LogP contribution in [0.4, 0.5) is 5.69 Å². The lowest BCUT2D eigenvalue weighted by molar-refractivity contribution is -0.133. The van der Waals surface area contributed by atoms with E-state index in [1.165, 1.54) is 5.56 Å². The topological polar surface area (TPSA) is 90.5 Å². The number of hydrogen-bond acceptors (Lipinski definition) is 6. The molecule has 2 amide bonds. The molecular weight excluding hydrogens is 671 g/mol. The maximum atomic E-state index is 13.8. The molecule has 0 atom stereocenters. The summed E-state index contributed by atoms with van der Waals surface area (Å²) in [6.45, 7) is 9.39. The van der Waals surface area contributed by atoms with Crippen LogP contribution in [0.15, 0.2) is 47.4 Å². The average Bonchev–Trinajstić information content (AvgIpc) is 3.09. The third-order valence-electron chi connectivity index (χ3n) is 10.4. The van der Waals surface area contributed by atoms with E-state index in [1.54, 1.807) is 30.5 Å². The first kappa shape index (κ1) is 38.6. The highest BCUT2D eigenvalue weighted by atomic mass is 35.5. The summed E-state index contributed by atoms with van der Waals surface area (Å²) < 4.78 is 33.3. The van der Waals surface area contributed by atoms with E-state index in [4.69, 9.17) is 16.3 Å². The van der Waals surface area contributed by atoms with Crippen LogP contribution in [0.3, 0.4) is 0 Å². The number of benzene rings is 2. The second-order valence-corrected chi connectivity index (χ2v) is 15.9. The number of halogens is 2. The number of hydrogen-bond donors (Lipinski definition) is 0. The Bertz CT molecular complexity index is 1470. The summed E-state index contributed by atoms with van der Waals surface area (Å²) in [5, 5.41) is 0.660. The number of anilines is 1. The van der Waals surface area contributed by atoms with Crippen molar-refractivity contribution in [1.29, 1.82) is 0 Å². The van der Waals surface area contributed by atoms with Gasteiger partial charge in [-0.15, -0.1) is 12.4 Å². The number of likely N-dealkylation sites (tertiary alicyclic amines) is 2. The van der Waals surface area contributed by atoms with E-state index in [2.05, 4.69) is 4.90 Å². The van der Waals surface area contributed by atoms with Gasteiger partial charge in [-0.3, -0.25) is 9.59 Å². The maximum Gasteiger partial charge on any atom is 0.243 e. The summed E-state index contributed by atoms with van der Waals surface area (Å²) in [5.74, 6) is 0.667. The van der Waals surface area contributed by atoms with Crippen molar-refractivity contribution in [2.24, 2.45) is 11.8 Å². The molecule has 0 spiro atoms. The normalized spacial score (nSPS) is 19.2. The first-order valence-corrected chi connectivity index (χ1v) is 19.0. The lowest BCUT2D eigenvalue weighted by atomic mass is 9.90. The van der Waals surface area contributed by atoms with Gasteiger partial charge in [0.2, 0.25) is 21.8 Å². The zero-order valence-electron chi connectivity index (χ0n) is 28.6. The van der Waals surface area contributed by atoms with Gasteiger partial charge in [0.15, 0.2) is 0 Å². The molecule has 0 bridgehead atoms. The van der Waals surface area contributed by atoms with E-state index >= 15 is 0 Å². The van der Waals surface area contributed by atoms with Gasteiger partial charge in [0.05, 0.1) is 11.0 Å². The van der Waals surface area contributed by atoms with Gasteiger partial charge in [-0.05, 0) is 119 Å². The Hall–Kier alpha value is -2.21. The minimum Gasteiger partial charge on any atom is -0.381 e. The van der Waals surface area contributed by atoms with Crippen LogP contribution >= 0.6 is 24.0 Å². The third-order valence-corrected chi connectivity index (χ3v) is 12.7. The van der Waals surface area contributed by atoms with Gasteiger partial charge in [-0.1, -0.05) is 29.8 Å². The molecule has 0 N–H and O–H groups in total. The fourth-order valence-electron chi connectivity index (χ4n) is 7.23. The molecule has 3 fully saturated rings. The number of methoxy groups -OCH3 is 1. The van der Waals surface area contributed by atoms with Crippen molar-refractivity contribution in [2.45, 2.75) is 76.2 Å². The molecule has 0 saturated carbocycles. The Morgan fingerprint density at radius 3 is 2.15 bits per heavy atom. The van der Waals surface area contributed by atoms with E-state index < -0.39 is 10.0 Å². The summed E-state index contributed by atoms with van der Waals surface area (Å²) in [7, 11) is -1.80. The smallest absolute Gasteiger partial charge is 0.243 e. The Morgan fingerprint density at radius 1 is 0.917 bits per heavy atom. The molecule has 0 unspecified atom stereocenters. The number of aryl methyl sites for hydroxylation is 1. The first-order chi connectivity index (χ1) is 22.5. The number of piperidine rings is 3. The SMILES string of the molecule is COC1CCN(S(=O)(=O)c2ccc(CC3CCN(CCCN(C(=O)C4CCN(C(C)=O)CC4)c4ccc(C)c(Cl)c4)CC3)cc2)CC1.Cl. The average molecular weight is 724 g/mol. The summed E-state index contributed by atoms with van der Waals surface area (Å²) in [4.78, 5) is 32.2. The van der Waals surface area contributed by atoms with E-state index in [0.717, 1.165) is 69.4 Å². The monoisotopic (exact) mass is 722 g/mol. The zero-order valence-corrected chi connectivity index (χ0v) is 31.0. The Labute approximate surface area is 298 Å². The van der Waals surface area contributed by atoms with E-state index in [-0.39, 0.29) is 36.2 Å². The van der Waals surface area contributed by atoms with Crippen molar-refractivity contribution in [1.82, 2.24) is 14.1 Å². The molecule has 266 valence electrons. The maximum absolute atomic E-state index is 13.8. The number of nitrogens with zero attached hydrogens (tertiary/aromatic N) is 4. The van der Waals surface area contributed by atoms with Gasteiger partial charge < -0.3 is 19.4 Å². The number of ether oxygens (including phenoxy) is 1. The minimum atomic E-state index is -3.48. The van der Waals surface area contributed by atoms with Crippen molar-refractivity contribution < 1.29 is 22.7 Å². The van der Waals surface area contributed by atoms with Crippen LogP contribution < -0.4 is 4.90 Å². The molecule has 3 aliphatic rings. The number of rotatable bonds is 11. The van der Waals surface area contributed by atoms with Crippen LogP contribution in [-0.2, 0) is 30.8 Å². The predicted octanol–water partition coefficient (Wildman–Crippen LogP) is 5.81. The Kier molecular flexibility index (Phi) is 14.2. The molecule has 3 aliphatic heterocycles. The molecule has 9 nitrogen and oxygen atoms in total. The van der Waals surface area contributed by atoms with Gasteiger partial charge >= 0.3 is 0 Å². The van der Waals surface area contributed by atoms with Crippen LogP contribution in [0.5, 0.6) is 0 Å². The number of sulfonamides is 1. The van der Waals surface area contributed by atoms with E-state index in [1.807, 2.05) is 47.1 Å². The summed E-state index contributed by atoms with van der Waals surface area (Å²) in [6, 6.07) is 13.4. The van der Waals surface area contributed by atoms with Gasteiger partial charge in [-0.25, -0.2) is 8.42 Å². The highest BCUT2D eigenvalue weighted by molar-refractivity contribution is 7.89. The summed E-state index contributed by atoms with van der Waals surface area (Å²) in [6.07, 6.45) is 6.99. The van der Waals surface area contributed by atoms with Gasteiger partial charge in [-0.2, -0.15) is 4.31 Å². The molecule has 0 radical (unpaired) electrons. The fourth-order valence-corrected chi connectivity index (χ4v) is 8.88. The fraction of sp³-hybridized carbons (Fsp3) is 0.611. The minimum absolute atomic E-state index is 0. The largest absolute Gasteiger partial charge is 0.381 e. The van der Waals surface area contributed by atoms with Crippen LogP contribution in [0.1, 0.15) is 63.0 Å². The van der Waals surface area contributed by atoms with Gasteiger partial charge in [0.25, 0.3) is 0 Å². The van der Waals surface area contributed by atoms with Crippen LogP contribution in [0.2, 0.25) is 5.02 Å². The van der Waals surface area contributed by atoms with Crippen molar-refractivity contribution >= 4 is 51.5 Å². The van der Waals surface area contributed by atoms with Crippen molar-refractivity contribution in [3.8, 4) is 0 Å². The highest BCUT2D eigenvalue weighted by Crippen LogP contribution is 2.29. The predicted molar refractivity (Wildman–Crippen MR) is 193 cm³/mol. The molecule has 0 aromatic heterocycles. The lowest BCUT2D eigenvalue weighted by Crippen LogP contribution is -2.45. The van der Waals surface area contributed by atoms with Crippen molar-refractivity contribution in [2.75, 3.05) is 64.4 Å². The second-order valence-electron chi connectivity index (χ2n) is 13.5. The molecule has 0 aliphatic carbocycles. The van der Waals surface area contributed by atoms with Crippen LogP contribution in [0.25, 0.3) is 0 Å². The number of carbonyl (C=O) groups excluding carboxylic acids is 2. The van der Waals surface area contributed by atoms with Gasteiger partial charge in [0, 0.05) is 63.4 Å². The van der Waals surface area contributed by atoms with Crippen LogP contribution in [-0.4, -0.2) is 99.9 Å². The number of carbonyl (C=O) groups is 2. The Morgan fingerprint density at radius 2 is 1.56 bits per heavy atom. The first-order valence-electron chi connectivity index (χ1n) is 17.2. The number of amides is 2. The van der Waals surface area contributed by atoms with Crippen molar-refractivity contribution in [3.63, 3.8) is 0 Å². The molecule has 3 heterocycles. The third kappa shape index (κ3) is 9.73. The standard InChI is InChI=1S/C36H51ClN4O5S.ClH/c1-27-5-8-32(26-35(27)37)41(36(43)31-13-21-39(22-14-31)28(2)42)18-4-17-38-19-11-30(12-20-38)25-29-6-9-34(10-7-29)47(44,45)40-23-15-33(46-3)16-24-40;/h5-10,26,30-31,33H,4,11-25H2,1-3H3;1H. The highest BCUT2D eigenvalue weighted by Gasteiger charge is 2.31. The van der Waals surface area contributed by atoms with Crippen LogP contribution in [0, 0.1) is 18.8 Å². The zero-order chi connectivity index (χ0) is 33.6. The molecule has 2 aromatic rings. The Balaban J connectivity index is 0.00000520. The second kappa shape index (κ2) is 17.6. The van der Waals surface area contributed by atoms with Gasteiger partial charge in [0.1, 0.15) is 0 Å². The van der Waals surface area contributed by atoms with E-state index in [0.29, 0.717) is 61.4 Å². The summed E-state index contributed by atoms with van der Waals surface area (Å²) >= 11 is 6.48. The molecule has 12 heteroatoms. The van der Waals surface area contributed by atoms with E-state index in [9.17, 15) is 18.0 Å². The molecule has 2 aromatic carbocycles. The quantitative estimate of drug-likeness (QED) is 0.291. The molecular formula is C36H52Cl2N4O5S. The molecule has 48 heavy (non-hydrogen) atoms. The lowest BCUT2D eigenvalue weighted by Gasteiger charge is -2.35.